The van der Waals surface area contributed by atoms with Crippen LogP contribution in [0, 0.1) is 0 Å². The van der Waals surface area contributed by atoms with E-state index in [1.807, 2.05) is 18.3 Å². The number of ether oxygens (including phenoxy) is 1. The van der Waals surface area contributed by atoms with Crippen LogP contribution in [0.4, 0.5) is 0 Å². The Morgan fingerprint density at radius 2 is 2.19 bits per heavy atom. The topological polar surface area (TPSA) is 45.3 Å². The SMILES string of the molecule is COC(=O)C(c1ccc[nH]1)N1CCCCC1. The monoisotopic (exact) mass is 222 g/mol. The van der Waals surface area contributed by atoms with Crippen molar-refractivity contribution < 1.29 is 9.53 Å². The maximum Gasteiger partial charge on any atom is 0.329 e. The van der Waals surface area contributed by atoms with Gasteiger partial charge >= 0.3 is 5.97 Å². The summed E-state index contributed by atoms with van der Waals surface area (Å²) in [6.07, 6.45) is 5.42. The van der Waals surface area contributed by atoms with E-state index in [4.69, 9.17) is 4.74 Å². The predicted octanol–water partition coefficient (Wildman–Crippen LogP) is 1.71. The lowest BCUT2D eigenvalue weighted by molar-refractivity contribution is -0.147. The van der Waals surface area contributed by atoms with E-state index < -0.39 is 0 Å². The van der Waals surface area contributed by atoms with E-state index in [0.717, 1.165) is 31.6 Å². The molecule has 16 heavy (non-hydrogen) atoms. The third kappa shape index (κ3) is 2.27. The first-order valence-electron chi connectivity index (χ1n) is 5.78. The van der Waals surface area contributed by atoms with Gasteiger partial charge in [0.25, 0.3) is 0 Å². The van der Waals surface area contributed by atoms with Crippen molar-refractivity contribution in [2.24, 2.45) is 0 Å². The van der Waals surface area contributed by atoms with Gasteiger partial charge in [0.1, 0.15) is 6.04 Å². The summed E-state index contributed by atoms with van der Waals surface area (Å²) in [5.74, 6) is -0.177. The van der Waals surface area contributed by atoms with Crippen molar-refractivity contribution in [3.8, 4) is 0 Å². The molecule has 2 heterocycles. The molecule has 0 aromatic carbocycles. The minimum Gasteiger partial charge on any atom is -0.468 e. The molecular formula is C12H18N2O2. The van der Waals surface area contributed by atoms with E-state index in [1.54, 1.807) is 0 Å². The lowest BCUT2D eigenvalue weighted by Gasteiger charge is -2.32. The van der Waals surface area contributed by atoms with Crippen molar-refractivity contribution in [1.29, 1.82) is 0 Å². The highest BCUT2D eigenvalue weighted by Gasteiger charge is 2.29. The highest BCUT2D eigenvalue weighted by atomic mass is 16.5. The Bertz CT molecular complexity index is 329. The maximum atomic E-state index is 11.8. The molecule has 1 unspecified atom stereocenters. The van der Waals surface area contributed by atoms with Gasteiger partial charge in [0, 0.05) is 11.9 Å². The fourth-order valence-corrected chi connectivity index (χ4v) is 2.28. The number of aromatic amines is 1. The van der Waals surface area contributed by atoms with Gasteiger partial charge < -0.3 is 9.72 Å². The van der Waals surface area contributed by atoms with Crippen molar-refractivity contribution in [3.05, 3.63) is 24.0 Å². The van der Waals surface area contributed by atoms with E-state index in [9.17, 15) is 4.79 Å². The minimum absolute atomic E-state index is 0.177. The zero-order valence-electron chi connectivity index (χ0n) is 9.61. The molecule has 1 aromatic rings. The minimum atomic E-state index is -0.264. The quantitative estimate of drug-likeness (QED) is 0.792. The molecule has 0 radical (unpaired) electrons. The summed E-state index contributed by atoms with van der Waals surface area (Å²) in [6, 6.07) is 3.59. The smallest absolute Gasteiger partial charge is 0.329 e. The summed E-state index contributed by atoms with van der Waals surface area (Å²) in [5.41, 5.74) is 0.925. The average Bonchev–Trinajstić information content (AvgIpc) is 2.84. The number of hydrogen-bond donors (Lipinski definition) is 1. The number of hydrogen-bond acceptors (Lipinski definition) is 3. The van der Waals surface area contributed by atoms with Gasteiger partial charge in [0.15, 0.2) is 0 Å². The van der Waals surface area contributed by atoms with Crippen LogP contribution in [0.15, 0.2) is 18.3 Å². The Morgan fingerprint density at radius 3 is 2.75 bits per heavy atom. The van der Waals surface area contributed by atoms with E-state index in [2.05, 4.69) is 9.88 Å². The van der Waals surface area contributed by atoms with E-state index >= 15 is 0 Å². The van der Waals surface area contributed by atoms with Gasteiger partial charge in [-0.05, 0) is 38.1 Å². The van der Waals surface area contributed by atoms with E-state index in [1.165, 1.54) is 13.5 Å². The molecule has 0 amide bonds. The zero-order valence-corrected chi connectivity index (χ0v) is 9.61. The Labute approximate surface area is 95.6 Å². The lowest BCUT2D eigenvalue weighted by Crippen LogP contribution is -2.38. The highest BCUT2D eigenvalue weighted by molar-refractivity contribution is 5.77. The molecule has 1 fully saturated rings. The molecule has 0 spiro atoms. The molecule has 1 atom stereocenters. The van der Waals surface area contributed by atoms with Crippen LogP contribution < -0.4 is 0 Å². The van der Waals surface area contributed by atoms with Crippen LogP contribution in [0.5, 0.6) is 0 Å². The number of methoxy groups -OCH3 is 1. The molecule has 1 aliphatic rings. The van der Waals surface area contributed by atoms with Gasteiger partial charge in [0.2, 0.25) is 0 Å². The second-order valence-electron chi connectivity index (χ2n) is 4.15. The van der Waals surface area contributed by atoms with Crippen molar-refractivity contribution in [2.45, 2.75) is 25.3 Å². The van der Waals surface area contributed by atoms with Gasteiger partial charge in [-0.25, -0.2) is 4.79 Å². The van der Waals surface area contributed by atoms with Crippen molar-refractivity contribution >= 4 is 5.97 Å². The first-order valence-corrected chi connectivity index (χ1v) is 5.78. The second kappa shape index (κ2) is 5.16. The summed E-state index contributed by atoms with van der Waals surface area (Å²) in [4.78, 5) is 17.1. The molecule has 2 rings (SSSR count). The van der Waals surface area contributed by atoms with Crippen LogP contribution in [-0.4, -0.2) is 36.1 Å². The average molecular weight is 222 g/mol. The largest absolute Gasteiger partial charge is 0.468 e. The predicted molar refractivity (Wildman–Crippen MR) is 61.0 cm³/mol. The zero-order chi connectivity index (χ0) is 11.4. The molecular weight excluding hydrogens is 204 g/mol. The molecule has 1 N–H and O–H groups in total. The third-order valence-corrected chi connectivity index (χ3v) is 3.10. The van der Waals surface area contributed by atoms with Crippen LogP contribution >= 0.6 is 0 Å². The van der Waals surface area contributed by atoms with Gasteiger partial charge in [-0.2, -0.15) is 0 Å². The first-order chi connectivity index (χ1) is 7.83. The molecule has 1 saturated heterocycles. The van der Waals surface area contributed by atoms with Gasteiger partial charge in [-0.1, -0.05) is 6.42 Å². The van der Waals surface area contributed by atoms with Crippen LogP contribution in [0.1, 0.15) is 31.0 Å². The fraction of sp³-hybridized carbons (Fsp3) is 0.583. The van der Waals surface area contributed by atoms with Crippen LogP contribution in [-0.2, 0) is 9.53 Å². The number of H-pyrrole nitrogens is 1. The van der Waals surface area contributed by atoms with Crippen molar-refractivity contribution in [3.63, 3.8) is 0 Å². The molecule has 1 aromatic heterocycles. The molecule has 4 nitrogen and oxygen atoms in total. The molecule has 1 aliphatic heterocycles. The van der Waals surface area contributed by atoms with Crippen LogP contribution in [0.3, 0.4) is 0 Å². The number of rotatable bonds is 3. The molecule has 0 saturated carbocycles. The normalized spacial score (nSPS) is 19.3. The number of nitrogens with zero attached hydrogens (tertiary/aromatic N) is 1. The number of carbonyl (C=O) groups excluding carboxylic acids is 1. The molecule has 4 heteroatoms. The molecule has 88 valence electrons. The maximum absolute atomic E-state index is 11.8. The van der Waals surface area contributed by atoms with Gasteiger partial charge in [-0.15, -0.1) is 0 Å². The Hall–Kier alpha value is -1.29. The standard InChI is InChI=1S/C12H18N2O2/c1-16-12(15)11(10-6-5-7-13-10)14-8-3-2-4-9-14/h5-7,11,13H,2-4,8-9H2,1H3. The summed E-state index contributed by atoms with van der Waals surface area (Å²) >= 11 is 0. The van der Waals surface area contributed by atoms with E-state index in [-0.39, 0.29) is 12.0 Å². The van der Waals surface area contributed by atoms with Crippen LogP contribution in [0.25, 0.3) is 0 Å². The number of likely N-dealkylation sites (tertiary alicyclic amines) is 1. The summed E-state index contributed by atoms with van der Waals surface area (Å²) < 4.78 is 4.89. The number of aromatic nitrogens is 1. The van der Waals surface area contributed by atoms with Crippen molar-refractivity contribution in [1.82, 2.24) is 9.88 Å². The summed E-state index contributed by atoms with van der Waals surface area (Å²) in [6.45, 7) is 1.94. The number of nitrogens with one attached hydrogen (secondary N) is 1. The fourth-order valence-electron chi connectivity index (χ4n) is 2.28. The summed E-state index contributed by atoms with van der Waals surface area (Å²) in [7, 11) is 1.45. The Balaban J connectivity index is 2.17. The van der Waals surface area contributed by atoms with Crippen LogP contribution in [0.2, 0.25) is 0 Å². The second-order valence-corrected chi connectivity index (χ2v) is 4.15. The third-order valence-electron chi connectivity index (χ3n) is 3.10. The Kier molecular flexibility index (Phi) is 3.62. The van der Waals surface area contributed by atoms with Crippen molar-refractivity contribution in [2.75, 3.05) is 20.2 Å². The lowest BCUT2D eigenvalue weighted by atomic mass is 10.1. The first kappa shape index (κ1) is 11.2. The van der Waals surface area contributed by atoms with Gasteiger partial charge in [0.05, 0.1) is 7.11 Å². The molecule has 0 aliphatic carbocycles. The highest BCUT2D eigenvalue weighted by Crippen LogP contribution is 2.24. The van der Waals surface area contributed by atoms with Gasteiger partial charge in [-0.3, -0.25) is 4.90 Å². The van der Waals surface area contributed by atoms with E-state index in [0.29, 0.717) is 0 Å². The number of carbonyl (C=O) groups is 1. The number of piperidine rings is 1. The number of esters is 1. The molecule has 0 bridgehead atoms. The Morgan fingerprint density at radius 1 is 1.44 bits per heavy atom. The summed E-state index contributed by atoms with van der Waals surface area (Å²) in [5, 5.41) is 0.